The van der Waals surface area contributed by atoms with Gasteiger partial charge in [0.25, 0.3) is 0 Å². The zero-order chi connectivity index (χ0) is 16.7. The minimum absolute atomic E-state index is 0.220. The van der Waals surface area contributed by atoms with E-state index < -0.39 is 0 Å². The van der Waals surface area contributed by atoms with Gasteiger partial charge in [0.1, 0.15) is 0 Å². The second kappa shape index (κ2) is 6.02. The molecule has 0 spiro atoms. The topological polar surface area (TPSA) is 38.7 Å². The van der Waals surface area contributed by atoms with E-state index in [1.807, 2.05) is 31.2 Å². The quantitative estimate of drug-likeness (QED) is 0.458. The van der Waals surface area contributed by atoms with Crippen LogP contribution < -0.4 is 0 Å². The van der Waals surface area contributed by atoms with Crippen LogP contribution in [0.15, 0.2) is 29.4 Å². The van der Waals surface area contributed by atoms with E-state index in [4.69, 9.17) is 4.84 Å². The van der Waals surface area contributed by atoms with Crippen molar-refractivity contribution in [3.05, 3.63) is 35.4 Å². The smallest absolute Gasteiger partial charge is 0.318 e. The van der Waals surface area contributed by atoms with Gasteiger partial charge in [-0.2, -0.15) is 0 Å². The van der Waals surface area contributed by atoms with Crippen molar-refractivity contribution < 1.29 is 9.63 Å². The van der Waals surface area contributed by atoms with Crippen LogP contribution in [0, 0.1) is 30.1 Å². The Kier molecular flexibility index (Phi) is 3.98. The largest absolute Gasteiger partial charge is 0.339 e. The highest BCUT2D eigenvalue weighted by Gasteiger charge is 2.52. The van der Waals surface area contributed by atoms with E-state index in [1.54, 1.807) is 0 Å². The molecule has 1 aromatic rings. The van der Waals surface area contributed by atoms with Crippen LogP contribution in [0.3, 0.4) is 0 Å². The first-order valence-corrected chi connectivity index (χ1v) is 9.33. The lowest BCUT2D eigenvalue weighted by Gasteiger charge is -2.56. The maximum Gasteiger partial charge on any atom is 0.339 e. The van der Waals surface area contributed by atoms with Crippen molar-refractivity contribution in [2.45, 2.75) is 58.8 Å². The number of oxime groups is 1. The Labute approximate surface area is 144 Å². The van der Waals surface area contributed by atoms with Crippen LogP contribution in [0.4, 0.5) is 0 Å². The van der Waals surface area contributed by atoms with Crippen LogP contribution in [-0.4, -0.2) is 11.7 Å². The molecule has 4 bridgehead atoms. The van der Waals surface area contributed by atoms with Crippen molar-refractivity contribution in [3.8, 4) is 0 Å². The summed E-state index contributed by atoms with van der Waals surface area (Å²) in [5.41, 5.74) is 3.42. The van der Waals surface area contributed by atoms with Crippen LogP contribution >= 0.6 is 0 Å². The number of aryl methyl sites for hydroxylation is 1. The zero-order valence-corrected chi connectivity index (χ0v) is 14.8. The summed E-state index contributed by atoms with van der Waals surface area (Å²) in [5.74, 6) is 2.38. The molecule has 3 heteroatoms. The Morgan fingerprint density at radius 3 is 2.29 bits per heavy atom. The SMILES string of the molecule is C/C(=N\OC(=O)Cc1ccccc1C)C12CC3CC(CC(C3)C1)C2. The molecule has 0 unspecified atom stereocenters. The van der Waals surface area contributed by atoms with Crippen molar-refractivity contribution in [3.63, 3.8) is 0 Å². The van der Waals surface area contributed by atoms with E-state index in [0.717, 1.165) is 34.6 Å². The van der Waals surface area contributed by atoms with Gasteiger partial charge in [0, 0.05) is 5.41 Å². The van der Waals surface area contributed by atoms with E-state index in [1.165, 1.54) is 38.5 Å². The van der Waals surface area contributed by atoms with Crippen molar-refractivity contribution in [1.29, 1.82) is 0 Å². The van der Waals surface area contributed by atoms with Crippen LogP contribution in [0.25, 0.3) is 0 Å². The Balaban J connectivity index is 1.42. The molecule has 0 aromatic heterocycles. The van der Waals surface area contributed by atoms with Gasteiger partial charge in [0.2, 0.25) is 0 Å². The summed E-state index contributed by atoms with van der Waals surface area (Å²) in [7, 11) is 0. The second-order valence-electron chi connectivity index (χ2n) is 8.44. The van der Waals surface area contributed by atoms with Gasteiger partial charge in [-0.25, -0.2) is 4.79 Å². The van der Waals surface area contributed by atoms with Crippen LogP contribution in [0.1, 0.15) is 56.6 Å². The molecule has 5 rings (SSSR count). The Hall–Kier alpha value is -1.64. The fourth-order valence-electron chi connectivity index (χ4n) is 5.77. The first kappa shape index (κ1) is 15.9. The summed E-state index contributed by atoms with van der Waals surface area (Å²) in [6.07, 6.45) is 8.31. The molecule has 0 radical (unpaired) electrons. The number of nitrogens with zero attached hydrogens (tertiary/aromatic N) is 1. The molecule has 0 N–H and O–H groups in total. The predicted octanol–water partition coefficient (Wildman–Crippen LogP) is 4.67. The van der Waals surface area contributed by atoms with Crippen LogP contribution in [-0.2, 0) is 16.1 Å². The minimum atomic E-state index is -0.256. The zero-order valence-electron chi connectivity index (χ0n) is 14.8. The lowest BCUT2D eigenvalue weighted by molar-refractivity contribution is -0.143. The highest BCUT2D eigenvalue weighted by Crippen LogP contribution is 2.60. The molecule has 3 nitrogen and oxygen atoms in total. The van der Waals surface area contributed by atoms with Gasteiger partial charge in [-0.1, -0.05) is 29.4 Å². The molecular formula is C21H27NO2. The number of carbonyl (C=O) groups excluding carboxylic acids is 1. The van der Waals surface area contributed by atoms with Crippen LogP contribution in [0.5, 0.6) is 0 Å². The number of hydrogen-bond donors (Lipinski definition) is 0. The van der Waals surface area contributed by atoms with Gasteiger partial charge in [-0.15, -0.1) is 0 Å². The molecule has 0 saturated heterocycles. The number of hydrogen-bond acceptors (Lipinski definition) is 3. The van der Waals surface area contributed by atoms with E-state index in [0.29, 0.717) is 6.42 Å². The maximum absolute atomic E-state index is 12.2. The van der Waals surface area contributed by atoms with Crippen molar-refractivity contribution in [1.82, 2.24) is 0 Å². The molecule has 4 saturated carbocycles. The van der Waals surface area contributed by atoms with Gasteiger partial charge in [0.05, 0.1) is 12.1 Å². The third kappa shape index (κ3) is 2.89. The first-order chi connectivity index (χ1) is 11.5. The summed E-state index contributed by atoms with van der Waals surface area (Å²) < 4.78 is 0. The lowest BCUT2D eigenvalue weighted by atomic mass is 9.48. The van der Waals surface area contributed by atoms with E-state index >= 15 is 0 Å². The maximum atomic E-state index is 12.2. The molecule has 0 amide bonds. The molecule has 0 atom stereocenters. The van der Waals surface area contributed by atoms with Gasteiger partial charge in [-0.3, -0.25) is 0 Å². The molecule has 0 heterocycles. The highest BCUT2D eigenvalue weighted by atomic mass is 16.7. The van der Waals surface area contributed by atoms with E-state index in [2.05, 4.69) is 12.1 Å². The van der Waals surface area contributed by atoms with Gasteiger partial charge in [0.15, 0.2) is 0 Å². The van der Waals surface area contributed by atoms with E-state index in [-0.39, 0.29) is 11.4 Å². The fourth-order valence-corrected chi connectivity index (χ4v) is 5.77. The van der Waals surface area contributed by atoms with Gasteiger partial charge >= 0.3 is 5.97 Å². The Morgan fingerprint density at radius 2 is 1.71 bits per heavy atom. The molecule has 24 heavy (non-hydrogen) atoms. The average Bonchev–Trinajstić information content (AvgIpc) is 2.53. The summed E-state index contributed by atoms with van der Waals surface area (Å²) in [6.45, 7) is 4.10. The fraction of sp³-hybridized carbons (Fsp3) is 0.619. The number of benzene rings is 1. The third-order valence-corrected chi connectivity index (χ3v) is 6.69. The summed E-state index contributed by atoms with van der Waals surface area (Å²) in [5, 5.41) is 4.31. The average molecular weight is 325 g/mol. The lowest BCUT2D eigenvalue weighted by Crippen LogP contribution is -2.49. The summed E-state index contributed by atoms with van der Waals surface area (Å²) >= 11 is 0. The molecule has 1 aromatic carbocycles. The predicted molar refractivity (Wildman–Crippen MR) is 94.7 cm³/mol. The standard InChI is InChI=1S/C21H27NO2/c1-14-5-3-4-6-19(14)10-20(23)24-22-15(2)21-11-16-7-17(12-21)9-18(8-16)13-21/h3-6,16-18H,7-13H2,1-2H3/b22-15+. The summed E-state index contributed by atoms with van der Waals surface area (Å²) in [6, 6.07) is 7.94. The Morgan fingerprint density at radius 1 is 1.12 bits per heavy atom. The van der Waals surface area contributed by atoms with E-state index in [9.17, 15) is 4.79 Å². The Bertz CT molecular complexity index is 641. The van der Waals surface area contributed by atoms with Gasteiger partial charge in [-0.05, 0) is 81.3 Å². The molecule has 4 fully saturated rings. The number of rotatable bonds is 4. The molecule has 4 aliphatic rings. The molecule has 128 valence electrons. The second-order valence-corrected chi connectivity index (χ2v) is 8.44. The summed E-state index contributed by atoms with van der Waals surface area (Å²) in [4.78, 5) is 17.5. The third-order valence-electron chi connectivity index (χ3n) is 6.69. The highest BCUT2D eigenvalue weighted by molar-refractivity contribution is 5.88. The first-order valence-electron chi connectivity index (χ1n) is 9.33. The van der Waals surface area contributed by atoms with Crippen LogP contribution in [0.2, 0.25) is 0 Å². The van der Waals surface area contributed by atoms with Crippen molar-refractivity contribution >= 4 is 11.7 Å². The van der Waals surface area contributed by atoms with Gasteiger partial charge < -0.3 is 4.84 Å². The molecule has 0 aliphatic heterocycles. The molecule has 4 aliphatic carbocycles. The monoisotopic (exact) mass is 325 g/mol. The minimum Gasteiger partial charge on any atom is -0.318 e. The van der Waals surface area contributed by atoms with Crippen molar-refractivity contribution in [2.24, 2.45) is 28.3 Å². The number of carbonyl (C=O) groups is 1. The van der Waals surface area contributed by atoms with Crippen molar-refractivity contribution in [2.75, 3.05) is 0 Å². The normalized spacial score (nSPS) is 34.4. The molecular weight excluding hydrogens is 298 g/mol.